The van der Waals surface area contributed by atoms with Crippen LogP contribution >= 0.6 is 11.3 Å². The van der Waals surface area contributed by atoms with E-state index < -0.39 is 0 Å². The van der Waals surface area contributed by atoms with Crippen LogP contribution in [-0.2, 0) is 4.74 Å². The molecule has 1 aromatic rings. The summed E-state index contributed by atoms with van der Waals surface area (Å²) in [5.74, 6) is 0. The molecule has 2 atom stereocenters. The highest BCUT2D eigenvalue weighted by molar-refractivity contribution is 7.10. The molecule has 1 aromatic heterocycles. The second-order valence-corrected chi connectivity index (χ2v) is 5.76. The third kappa shape index (κ3) is 3.07. The number of aryl methyl sites for hydroxylation is 1. The Bertz CT molecular complexity index is 353. The van der Waals surface area contributed by atoms with Crippen molar-refractivity contribution in [3.05, 3.63) is 21.9 Å². The van der Waals surface area contributed by atoms with Crippen molar-refractivity contribution in [3.8, 4) is 0 Å². The van der Waals surface area contributed by atoms with Crippen molar-refractivity contribution in [3.63, 3.8) is 0 Å². The minimum absolute atomic E-state index is 0.266. The first-order valence-electron chi connectivity index (χ1n) is 6.30. The van der Waals surface area contributed by atoms with E-state index in [0.29, 0.717) is 6.04 Å². The molecular weight excluding hydrogens is 232 g/mol. The molecule has 17 heavy (non-hydrogen) atoms. The van der Waals surface area contributed by atoms with Crippen LogP contribution in [0.15, 0.2) is 11.4 Å². The Balaban J connectivity index is 2.14. The highest BCUT2D eigenvalue weighted by Gasteiger charge is 2.28. The Morgan fingerprint density at radius 3 is 3.06 bits per heavy atom. The molecule has 2 heterocycles. The molecule has 3 nitrogen and oxygen atoms in total. The van der Waals surface area contributed by atoms with E-state index >= 15 is 0 Å². The van der Waals surface area contributed by atoms with Crippen molar-refractivity contribution in [2.45, 2.75) is 26.0 Å². The Morgan fingerprint density at radius 1 is 1.65 bits per heavy atom. The van der Waals surface area contributed by atoms with Gasteiger partial charge in [-0.3, -0.25) is 0 Å². The minimum Gasteiger partial charge on any atom is -0.374 e. The largest absolute Gasteiger partial charge is 0.374 e. The number of likely N-dealkylation sites (N-methyl/N-ethyl adjacent to an activating group) is 2. The van der Waals surface area contributed by atoms with Crippen LogP contribution in [-0.4, -0.2) is 44.3 Å². The number of rotatable bonds is 4. The van der Waals surface area contributed by atoms with Crippen molar-refractivity contribution in [2.75, 3.05) is 33.3 Å². The number of thiophene rings is 1. The lowest BCUT2D eigenvalue weighted by Crippen LogP contribution is -2.46. The second-order valence-electron chi connectivity index (χ2n) is 4.64. The smallest absolute Gasteiger partial charge is 0.0897 e. The third-order valence-electron chi connectivity index (χ3n) is 3.33. The van der Waals surface area contributed by atoms with E-state index in [1.807, 2.05) is 11.3 Å². The number of hydrogen-bond acceptors (Lipinski definition) is 4. The summed E-state index contributed by atoms with van der Waals surface area (Å²) >= 11 is 1.81. The molecule has 0 aliphatic carbocycles. The Kier molecular flexibility index (Phi) is 4.56. The average molecular weight is 254 g/mol. The first-order valence-corrected chi connectivity index (χ1v) is 7.18. The molecule has 0 spiro atoms. The zero-order valence-electron chi connectivity index (χ0n) is 10.9. The van der Waals surface area contributed by atoms with E-state index in [9.17, 15) is 0 Å². The fourth-order valence-electron chi connectivity index (χ4n) is 2.39. The minimum atomic E-state index is 0.266. The summed E-state index contributed by atoms with van der Waals surface area (Å²) in [7, 11) is 2.17. The summed E-state index contributed by atoms with van der Waals surface area (Å²) in [5, 5.41) is 5.74. The van der Waals surface area contributed by atoms with Crippen molar-refractivity contribution in [2.24, 2.45) is 0 Å². The Labute approximate surface area is 108 Å². The number of nitrogens with zero attached hydrogens (tertiary/aromatic N) is 1. The van der Waals surface area contributed by atoms with Gasteiger partial charge in [-0.05, 0) is 37.5 Å². The first kappa shape index (κ1) is 13.0. The molecule has 0 saturated carbocycles. The average Bonchev–Trinajstić information content (AvgIpc) is 2.72. The quantitative estimate of drug-likeness (QED) is 0.890. The van der Waals surface area contributed by atoms with Gasteiger partial charge in [0.1, 0.15) is 0 Å². The van der Waals surface area contributed by atoms with E-state index in [2.05, 4.69) is 42.6 Å². The summed E-state index contributed by atoms with van der Waals surface area (Å²) < 4.78 is 5.94. The van der Waals surface area contributed by atoms with Crippen molar-refractivity contribution < 1.29 is 4.74 Å². The first-order chi connectivity index (χ1) is 8.22. The van der Waals surface area contributed by atoms with E-state index in [4.69, 9.17) is 4.74 Å². The summed E-state index contributed by atoms with van der Waals surface area (Å²) in [4.78, 5) is 3.74. The number of morpholine rings is 1. The molecule has 1 saturated heterocycles. The van der Waals surface area contributed by atoms with Gasteiger partial charge in [0, 0.05) is 18.0 Å². The topological polar surface area (TPSA) is 24.5 Å². The van der Waals surface area contributed by atoms with E-state index in [1.54, 1.807) is 0 Å². The van der Waals surface area contributed by atoms with Gasteiger partial charge in [0.05, 0.1) is 18.8 Å². The fraction of sp³-hybridized carbons (Fsp3) is 0.692. The van der Waals surface area contributed by atoms with Crippen molar-refractivity contribution in [1.82, 2.24) is 10.2 Å². The van der Waals surface area contributed by atoms with Gasteiger partial charge < -0.3 is 15.0 Å². The highest BCUT2D eigenvalue weighted by atomic mass is 32.1. The predicted molar refractivity (Wildman–Crippen MR) is 72.7 cm³/mol. The predicted octanol–water partition coefficient (Wildman–Crippen LogP) is 2.04. The molecule has 1 aliphatic heterocycles. The van der Waals surface area contributed by atoms with Gasteiger partial charge in [0.25, 0.3) is 0 Å². The SMILES string of the molecule is CCNC(c1ccsc1C)C1CN(C)CCO1. The van der Waals surface area contributed by atoms with E-state index in [-0.39, 0.29) is 6.10 Å². The maximum atomic E-state index is 5.94. The maximum Gasteiger partial charge on any atom is 0.0897 e. The lowest BCUT2D eigenvalue weighted by molar-refractivity contribution is -0.0390. The molecule has 0 amide bonds. The molecule has 2 unspecified atom stereocenters. The van der Waals surface area contributed by atoms with Gasteiger partial charge in [0.15, 0.2) is 0 Å². The zero-order valence-corrected chi connectivity index (χ0v) is 11.7. The molecule has 96 valence electrons. The number of hydrogen-bond donors (Lipinski definition) is 1. The molecule has 0 radical (unpaired) electrons. The monoisotopic (exact) mass is 254 g/mol. The van der Waals surface area contributed by atoms with Gasteiger partial charge >= 0.3 is 0 Å². The summed E-state index contributed by atoms with van der Waals surface area (Å²) in [6, 6.07) is 2.56. The molecule has 1 aliphatic rings. The molecule has 1 N–H and O–H groups in total. The van der Waals surface area contributed by atoms with Crippen LogP contribution in [0.4, 0.5) is 0 Å². The van der Waals surface area contributed by atoms with Crippen LogP contribution in [0.3, 0.4) is 0 Å². The van der Waals surface area contributed by atoms with Crippen LogP contribution < -0.4 is 5.32 Å². The van der Waals surface area contributed by atoms with Crippen LogP contribution in [0.25, 0.3) is 0 Å². The lowest BCUT2D eigenvalue weighted by atomic mass is 10.0. The van der Waals surface area contributed by atoms with Crippen LogP contribution in [0, 0.1) is 6.92 Å². The highest BCUT2D eigenvalue weighted by Crippen LogP contribution is 2.27. The molecule has 0 aromatic carbocycles. The Morgan fingerprint density at radius 2 is 2.47 bits per heavy atom. The summed E-state index contributed by atoms with van der Waals surface area (Å²) in [6.07, 6.45) is 0.266. The molecule has 1 fully saturated rings. The lowest BCUT2D eigenvalue weighted by Gasteiger charge is -2.35. The van der Waals surface area contributed by atoms with Gasteiger partial charge in [-0.2, -0.15) is 0 Å². The molecule has 4 heteroatoms. The van der Waals surface area contributed by atoms with Crippen LogP contribution in [0.2, 0.25) is 0 Å². The third-order valence-corrected chi connectivity index (χ3v) is 4.19. The maximum absolute atomic E-state index is 5.94. The fourth-order valence-corrected chi connectivity index (χ4v) is 3.14. The normalized spacial score (nSPS) is 23.8. The van der Waals surface area contributed by atoms with Crippen molar-refractivity contribution >= 4 is 11.3 Å². The zero-order chi connectivity index (χ0) is 12.3. The number of ether oxygens (including phenoxy) is 1. The Hall–Kier alpha value is -0.420. The second kappa shape index (κ2) is 5.96. The van der Waals surface area contributed by atoms with Gasteiger partial charge in [0.2, 0.25) is 0 Å². The van der Waals surface area contributed by atoms with E-state index in [0.717, 1.165) is 26.2 Å². The van der Waals surface area contributed by atoms with Crippen LogP contribution in [0.5, 0.6) is 0 Å². The number of nitrogens with one attached hydrogen (secondary N) is 1. The van der Waals surface area contributed by atoms with E-state index in [1.165, 1.54) is 10.4 Å². The molecule has 2 rings (SSSR count). The van der Waals surface area contributed by atoms with Gasteiger partial charge in [-0.15, -0.1) is 11.3 Å². The summed E-state index contributed by atoms with van der Waals surface area (Å²) in [6.45, 7) is 8.21. The van der Waals surface area contributed by atoms with Gasteiger partial charge in [-0.25, -0.2) is 0 Å². The standard InChI is InChI=1S/C13H22N2OS/c1-4-14-13(11-5-8-17-10(11)2)12-9-15(3)6-7-16-12/h5,8,12-14H,4,6-7,9H2,1-3H3. The molecular formula is C13H22N2OS. The van der Waals surface area contributed by atoms with Crippen molar-refractivity contribution in [1.29, 1.82) is 0 Å². The molecule has 0 bridgehead atoms. The van der Waals surface area contributed by atoms with Gasteiger partial charge in [-0.1, -0.05) is 6.92 Å². The summed E-state index contributed by atoms with van der Waals surface area (Å²) in [5.41, 5.74) is 1.40. The van der Waals surface area contributed by atoms with Crippen LogP contribution in [0.1, 0.15) is 23.4 Å².